The molecule has 0 unspecified atom stereocenters. The first-order valence-electron chi connectivity index (χ1n) is 5.81. The highest BCUT2D eigenvalue weighted by molar-refractivity contribution is 5.80. The van der Waals surface area contributed by atoms with Crippen LogP contribution in [0.5, 0.6) is 0 Å². The van der Waals surface area contributed by atoms with Crippen molar-refractivity contribution < 1.29 is 18.4 Å². The second-order valence-corrected chi connectivity index (χ2v) is 4.31. The molecule has 0 spiro atoms. The maximum atomic E-state index is 12.5. The van der Waals surface area contributed by atoms with Gasteiger partial charge in [0.1, 0.15) is 5.52 Å². The van der Waals surface area contributed by atoms with Gasteiger partial charge in [-0.3, -0.25) is 0 Å². The van der Waals surface area contributed by atoms with E-state index < -0.39 is 11.7 Å². The number of nitrogens with zero attached hydrogens (tertiary/aromatic N) is 2. The highest BCUT2D eigenvalue weighted by Crippen LogP contribution is 2.31. The molecule has 0 fully saturated rings. The van der Waals surface area contributed by atoms with Crippen LogP contribution in [0.1, 0.15) is 5.56 Å². The Hall–Kier alpha value is -2.50. The van der Waals surface area contributed by atoms with Crippen molar-refractivity contribution in [3.05, 3.63) is 54.1 Å². The molecule has 0 radical (unpaired) electrons. The van der Waals surface area contributed by atoms with Gasteiger partial charge < -0.3 is 5.21 Å². The van der Waals surface area contributed by atoms with Crippen molar-refractivity contribution in [3.63, 3.8) is 0 Å². The molecule has 0 aliphatic heterocycles. The lowest BCUT2D eigenvalue weighted by Gasteiger charge is -2.07. The number of aromatic nitrogens is 2. The molecule has 0 aliphatic carbocycles. The highest BCUT2D eigenvalue weighted by atomic mass is 19.4. The number of imidazole rings is 1. The number of benzene rings is 2. The molecule has 1 heterocycles. The standard InChI is InChI=1S/C14H9F3N2O/c15-14(16,17)10-7-5-9(6-8-10)13-18-11-3-1-2-4-12(11)19(13)20/h1-8,20H. The zero-order valence-electron chi connectivity index (χ0n) is 10.1. The lowest BCUT2D eigenvalue weighted by molar-refractivity contribution is -0.137. The van der Waals surface area contributed by atoms with Crippen molar-refractivity contribution in [3.8, 4) is 11.4 Å². The van der Waals surface area contributed by atoms with Crippen LogP contribution >= 0.6 is 0 Å². The van der Waals surface area contributed by atoms with Gasteiger partial charge in [-0.15, -0.1) is 0 Å². The normalized spacial score (nSPS) is 11.9. The smallest absolute Gasteiger partial charge is 0.416 e. The van der Waals surface area contributed by atoms with Gasteiger partial charge in [-0.2, -0.15) is 17.9 Å². The number of hydrogen-bond acceptors (Lipinski definition) is 2. The summed E-state index contributed by atoms with van der Waals surface area (Å²) in [7, 11) is 0. The molecule has 0 atom stereocenters. The minimum Gasteiger partial charge on any atom is -0.426 e. The van der Waals surface area contributed by atoms with Crippen LogP contribution in [0.25, 0.3) is 22.4 Å². The van der Waals surface area contributed by atoms with E-state index in [9.17, 15) is 18.4 Å². The number of rotatable bonds is 1. The van der Waals surface area contributed by atoms with Gasteiger partial charge in [0.15, 0.2) is 5.82 Å². The van der Waals surface area contributed by atoms with Gasteiger partial charge in [-0.25, -0.2) is 4.98 Å². The molecule has 0 aliphatic rings. The quantitative estimate of drug-likeness (QED) is 0.684. The Labute approximate surface area is 111 Å². The Morgan fingerprint density at radius 1 is 0.950 bits per heavy atom. The van der Waals surface area contributed by atoms with Crippen LogP contribution < -0.4 is 0 Å². The average molecular weight is 278 g/mol. The zero-order valence-corrected chi connectivity index (χ0v) is 10.1. The molecule has 6 heteroatoms. The molecule has 102 valence electrons. The van der Waals surface area contributed by atoms with Gasteiger partial charge in [-0.05, 0) is 24.3 Å². The van der Waals surface area contributed by atoms with E-state index in [0.717, 1.165) is 16.9 Å². The van der Waals surface area contributed by atoms with Crippen LogP contribution in [0.2, 0.25) is 0 Å². The number of halogens is 3. The molecule has 2 aromatic carbocycles. The maximum Gasteiger partial charge on any atom is 0.416 e. The Morgan fingerprint density at radius 3 is 2.20 bits per heavy atom. The lowest BCUT2D eigenvalue weighted by Crippen LogP contribution is -2.04. The van der Waals surface area contributed by atoms with Crippen molar-refractivity contribution >= 4 is 11.0 Å². The summed E-state index contributed by atoms with van der Waals surface area (Å²) in [6, 6.07) is 11.4. The third-order valence-corrected chi connectivity index (χ3v) is 3.01. The maximum absolute atomic E-state index is 12.5. The monoisotopic (exact) mass is 278 g/mol. The summed E-state index contributed by atoms with van der Waals surface area (Å²) in [5.41, 5.74) is 0.755. The largest absolute Gasteiger partial charge is 0.426 e. The summed E-state index contributed by atoms with van der Waals surface area (Å²) in [4.78, 5) is 4.21. The molecule has 3 rings (SSSR count). The second kappa shape index (κ2) is 4.26. The predicted molar refractivity (Wildman–Crippen MR) is 67.4 cm³/mol. The first-order chi connectivity index (χ1) is 9.47. The minimum atomic E-state index is -4.38. The molecule has 1 aromatic heterocycles. The molecule has 0 amide bonds. The Bertz CT molecular complexity index is 760. The average Bonchev–Trinajstić information content (AvgIpc) is 2.76. The lowest BCUT2D eigenvalue weighted by atomic mass is 10.1. The van der Waals surface area contributed by atoms with E-state index in [4.69, 9.17) is 0 Å². The molecular formula is C14H9F3N2O. The van der Waals surface area contributed by atoms with Crippen molar-refractivity contribution in [2.24, 2.45) is 0 Å². The molecular weight excluding hydrogens is 269 g/mol. The third kappa shape index (κ3) is 1.99. The van der Waals surface area contributed by atoms with E-state index in [1.54, 1.807) is 24.3 Å². The summed E-state index contributed by atoms with van der Waals surface area (Å²) in [5.74, 6) is 0.208. The number of para-hydroxylation sites is 2. The Balaban J connectivity index is 2.09. The van der Waals surface area contributed by atoms with Gasteiger partial charge in [0.2, 0.25) is 0 Å². The number of alkyl halides is 3. The van der Waals surface area contributed by atoms with E-state index in [1.807, 2.05) is 0 Å². The molecule has 0 bridgehead atoms. The fraction of sp³-hybridized carbons (Fsp3) is 0.0714. The summed E-state index contributed by atoms with van der Waals surface area (Å²) in [6.45, 7) is 0. The van der Waals surface area contributed by atoms with Gasteiger partial charge in [0.25, 0.3) is 0 Å². The SMILES string of the molecule is On1c(-c2ccc(C(F)(F)F)cc2)nc2ccccc21. The summed E-state index contributed by atoms with van der Waals surface area (Å²) in [6.07, 6.45) is -4.38. The van der Waals surface area contributed by atoms with Crippen LogP contribution in [0.15, 0.2) is 48.5 Å². The van der Waals surface area contributed by atoms with Crippen LogP contribution in [-0.4, -0.2) is 14.9 Å². The van der Waals surface area contributed by atoms with Gasteiger partial charge in [0, 0.05) is 5.56 Å². The van der Waals surface area contributed by atoms with E-state index in [0.29, 0.717) is 16.6 Å². The molecule has 0 saturated carbocycles. The summed E-state index contributed by atoms with van der Waals surface area (Å²) >= 11 is 0. The number of hydrogen-bond donors (Lipinski definition) is 1. The van der Waals surface area contributed by atoms with Gasteiger partial charge in [0.05, 0.1) is 11.1 Å². The van der Waals surface area contributed by atoms with E-state index >= 15 is 0 Å². The molecule has 1 N–H and O–H groups in total. The first kappa shape index (κ1) is 12.5. The van der Waals surface area contributed by atoms with Crippen molar-refractivity contribution in [1.29, 1.82) is 0 Å². The molecule has 3 aromatic rings. The molecule has 0 saturated heterocycles. The fourth-order valence-electron chi connectivity index (χ4n) is 2.01. The van der Waals surface area contributed by atoms with Crippen LogP contribution in [0, 0.1) is 0 Å². The van der Waals surface area contributed by atoms with E-state index in [2.05, 4.69) is 4.98 Å². The Morgan fingerprint density at radius 2 is 1.60 bits per heavy atom. The van der Waals surface area contributed by atoms with Gasteiger partial charge >= 0.3 is 6.18 Å². The van der Waals surface area contributed by atoms with Crippen molar-refractivity contribution in [1.82, 2.24) is 9.71 Å². The predicted octanol–water partition coefficient (Wildman–Crippen LogP) is 3.96. The third-order valence-electron chi connectivity index (χ3n) is 3.01. The topological polar surface area (TPSA) is 38.0 Å². The number of fused-ring (bicyclic) bond motifs is 1. The summed E-state index contributed by atoms with van der Waals surface area (Å²) in [5, 5.41) is 10.0. The van der Waals surface area contributed by atoms with Crippen LogP contribution in [0.4, 0.5) is 13.2 Å². The van der Waals surface area contributed by atoms with Gasteiger partial charge in [-0.1, -0.05) is 24.3 Å². The Kier molecular flexibility index (Phi) is 2.67. The van der Waals surface area contributed by atoms with Crippen LogP contribution in [-0.2, 0) is 6.18 Å². The van der Waals surface area contributed by atoms with E-state index in [1.165, 1.54) is 12.1 Å². The first-order valence-corrected chi connectivity index (χ1v) is 5.81. The minimum absolute atomic E-state index is 0.208. The van der Waals surface area contributed by atoms with Crippen molar-refractivity contribution in [2.45, 2.75) is 6.18 Å². The molecule has 3 nitrogen and oxygen atoms in total. The highest BCUT2D eigenvalue weighted by Gasteiger charge is 2.30. The van der Waals surface area contributed by atoms with E-state index in [-0.39, 0.29) is 5.82 Å². The summed E-state index contributed by atoms with van der Waals surface area (Å²) < 4.78 is 38.4. The zero-order chi connectivity index (χ0) is 14.3. The fourth-order valence-corrected chi connectivity index (χ4v) is 2.01. The van der Waals surface area contributed by atoms with Crippen molar-refractivity contribution in [2.75, 3.05) is 0 Å². The second-order valence-electron chi connectivity index (χ2n) is 4.31. The van der Waals surface area contributed by atoms with Crippen LogP contribution in [0.3, 0.4) is 0 Å². The molecule has 20 heavy (non-hydrogen) atoms.